The molecule has 7 heteroatoms. The quantitative estimate of drug-likeness (QED) is 0.352. The fraction of sp³-hybridized carbons (Fsp3) is 0.280. The molecule has 0 radical (unpaired) electrons. The van der Waals surface area contributed by atoms with Crippen LogP contribution in [0.25, 0.3) is 11.3 Å². The van der Waals surface area contributed by atoms with Gasteiger partial charge in [-0.3, -0.25) is 4.99 Å². The Hall–Kier alpha value is -3.32. The Morgan fingerprint density at radius 2 is 1.59 bits per heavy atom. The molecule has 0 N–H and O–H groups in total. The van der Waals surface area contributed by atoms with Gasteiger partial charge in [0.1, 0.15) is 0 Å². The van der Waals surface area contributed by atoms with E-state index in [1.165, 1.54) is 28.0 Å². The van der Waals surface area contributed by atoms with Gasteiger partial charge in [0.15, 0.2) is 11.5 Å². The molecule has 0 bridgehead atoms. The summed E-state index contributed by atoms with van der Waals surface area (Å²) in [5.74, 6) is 1.71. The molecule has 0 saturated carbocycles. The molecule has 0 spiro atoms. The van der Waals surface area contributed by atoms with Crippen LogP contribution in [0.4, 0.5) is 0 Å². The van der Waals surface area contributed by atoms with Gasteiger partial charge in [0.25, 0.3) is 0 Å². The van der Waals surface area contributed by atoms with Gasteiger partial charge in [0, 0.05) is 16.5 Å². The lowest BCUT2D eigenvalue weighted by molar-refractivity contribution is 0.324. The maximum Gasteiger partial charge on any atom is 0.206 e. The van der Waals surface area contributed by atoms with Gasteiger partial charge in [-0.2, -0.15) is 5.10 Å². The fourth-order valence-electron chi connectivity index (χ4n) is 3.60. The molecule has 32 heavy (non-hydrogen) atoms. The van der Waals surface area contributed by atoms with Crippen molar-refractivity contribution in [2.75, 3.05) is 27.9 Å². The maximum atomic E-state index is 5.54. The summed E-state index contributed by atoms with van der Waals surface area (Å²) in [5.41, 5.74) is 6.45. The maximum absolute atomic E-state index is 5.54. The van der Waals surface area contributed by atoms with Gasteiger partial charge in [-0.15, -0.1) is 17.9 Å². The molecule has 0 saturated heterocycles. The summed E-state index contributed by atoms with van der Waals surface area (Å²) in [4.78, 5) is 5.39. The van der Waals surface area contributed by atoms with E-state index in [1.54, 1.807) is 27.4 Å². The molecule has 6 nitrogen and oxygen atoms in total. The largest absolute Gasteiger partial charge is 0.493 e. The van der Waals surface area contributed by atoms with E-state index in [4.69, 9.17) is 19.3 Å². The summed E-state index contributed by atoms with van der Waals surface area (Å²) >= 11 is 1.52. The van der Waals surface area contributed by atoms with E-state index in [0.29, 0.717) is 23.8 Å². The van der Waals surface area contributed by atoms with Crippen LogP contribution < -0.4 is 19.0 Å². The number of hydrogen-bond donors (Lipinski definition) is 0. The third kappa shape index (κ3) is 4.78. The average molecular weight is 452 g/mol. The van der Waals surface area contributed by atoms with Crippen LogP contribution in [-0.2, 0) is 0 Å². The van der Waals surface area contributed by atoms with E-state index in [-0.39, 0.29) is 0 Å². The van der Waals surface area contributed by atoms with Crippen LogP contribution in [0.15, 0.2) is 52.4 Å². The molecule has 1 aromatic heterocycles. The summed E-state index contributed by atoms with van der Waals surface area (Å²) in [6.07, 6.45) is 3.66. The highest BCUT2D eigenvalue weighted by Crippen LogP contribution is 2.41. The summed E-state index contributed by atoms with van der Waals surface area (Å²) in [6, 6.07) is 8.15. The Balaban J connectivity index is 2.20. The molecule has 0 aliphatic carbocycles. The lowest BCUT2D eigenvalue weighted by Crippen LogP contribution is -2.13. The molecule has 0 fully saturated rings. The smallest absolute Gasteiger partial charge is 0.206 e. The number of aromatic nitrogens is 1. The molecule has 2 aromatic carbocycles. The molecular formula is C25H29N3O3S. The van der Waals surface area contributed by atoms with Crippen LogP contribution in [-0.4, -0.2) is 38.8 Å². The van der Waals surface area contributed by atoms with Gasteiger partial charge < -0.3 is 14.2 Å². The van der Waals surface area contributed by atoms with Crippen LogP contribution in [0, 0.1) is 20.8 Å². The van der Waals surface area contributed by atoms with E-state index in [2.05, 4.69) is 44.5 Å². The van der Waals surface area contributed by atoms with E-state index in [1.807, 2.05) is 28.4 Å². The predicted octanol–water partition coefficient (Wildman–Crippen LogP) is 5.14. The molecule has 0 amide bonds. The number of rotatable bonds is 8. The van der Waals surface area contributed by atoms with E-state index in [9.17, 15) is 0 Å². The topological polar surface area (TPSA) is 57.3 Å². The van der Waals surface area contributed by atoms with Crippen molar-refractivity contribution in [3.63, 3.8) is 0 Å². The average Bonchev–Trinajstić information content (AvgIpc) is 3.18. The Morgan fingerprint density at radius 1 is 0.969 bits per heavy atom. The predicted molar refractivity (Wildman–Crippen MR) is 132 cm³/mol. The van der Waals surface area contributed by atoms with Gasteiger partial charge in [-0.25, -0.2) is 4.68 Å². The zero-order chi connectivity index (χ0) is 23.3. The summed E-state index contributed by atoms with van der Waals surface area (Å²) in [6.45, 7) is 10.6. The number of aryl methyl sites for hydroxylation is 3. The zero-order valence-corrected chi connectivity index (χ0v) is 20.2. The molecule has 0 atom stereocenters. The molecule has 0 aliphatic heterocycles. The first-order chi connectivity index (χ1) is 15.4. The van der Waals surface area contributed by atoms with Crippen LogP contribution in [0.2, 0.25) is 0 Å². The number of hydrogen-bond acceptors (Lipinski definition) is 6. The molecule has 3 rings (SSSR count). The van der Waals surface area contributed by atoms with Gasteiger partial charge in [-0.05, 0) is 44.0 Å². The number of benzene rings is 2. The van der Waals surface area contributed by atoms with E-state index < -0.39 is 0 Å². The number of methoxy groups -OCH3 is 3. The van der Waals surface area contributed by atoms with Gasteiger partial charge in [0.2, 0.25) is 10.6 Å². The second kappa shape index (κ2) is 10.3. The molecule has 1 heterocycles. The van der Waals surface area contributed by atoms with Crippen molar-refractivity contribution in [3.05, 3.63) is 69.4 Å². The Labute approximate surface area is 193 Å². The van der Waals surface area contributed by atoms with Crippen LogP contribution >= 0.6 is 11.3 Å². The lowest BCUT2D eigenvalue weighted by Gasteiger charge is -2.14. The summed E-state index contributed by atoms with van der Waals surface area (Å²) < 4.78 is 18.4. The van der Waals surface area contributed by atoms with Crippen molar-refractivity contribution >= 4 is 17.6 Å². The number of thiazole rings is 1. The minimum absolute atomic E-state index is 0.507. The van der Waals surface area contributed by atoms with Gasteiger partial charge in [-0.1, -0.05) is 23.8 Å². The molecule has 0 unspecified atom stereocenters. The fourth-order valence-corrected chi connectivity index (χ4v) is 4.45. The Bertz CT molecular complexity index is 1170. The van der Waals surface area contributed by atoms with Gasteiger partial charge >= 0.3 is 0 Å². The van der Waals surface area contributed by atoms with Crippen LogP contribution in [0.1, 0.15) is 22.3 Å². The summed E-state index contributed by atoms with van der Waals surface area (Å²) in [7, 11) is 4.80. The highest BCUT2D eigenvalue weighted by atomic mass is 32.1. The van der Waals surface area contributed by atoms with E-state index in [0.717, 1.165) is 21.6 Å². The molecule has 0 aliphatic rings. The molecule has 3 aromatic rings. The van der Waals surface area contributed by atoms with Crippen molar-refractivity contribution in [3.8, 4) is 28.5 Å². The van der Waals surface area contributed by atoms with Crippen molar-refractivity contribution in [1.29, 1.82) is 0 Å². The third-order valence-corrected chi connectivity index (χ3v) is 5.90. The third-order valence-electron chi connectivity index (χ3n) is 5.04. The first-order valence-corrected chi connectivity index (χ1v) is 11.1. The second-order valence-electron chi connectivity index (χ2n) is 7.32. The van der Waals surface area contributed by atoms with Crippen molar-refractivity contribution in [1.82, 2.24) is 4.68 Å². The van der Waals surface area contributed by atoms with Crippen molar-refractivity contribution < 1.29 is 14.2 Å². The SMILES string of the molecule is C=CCN=c1scc(-c2cc(OC)c(OC)c(OC)c2)n1N=Cc1c(C)cc(C)cc1C. The first kappa shape index (κ1) is 23.3. The molecule has 168 valence electrons. The monoisotopic (exact) mass is 451 g/mol. The Kier molecular flexibility index (Phi) is 7.53. The second-order valence-corrected chi connectivity index (χ2v) is 8.15. The highest BCUT2D eigenvalue weighted by molar-refractivity contribution is 7.07. The van der Waals surface area contributed by atoms with Crippen molar-refractivity contribution in [2.45, 2.75) is 20.8 Å². The first-order valence-electron chi connectivity index (χ1n) is 10.2. The minimum atomic E-state index is 0.507. The minimum Gasteiger partial charge on any atom is -0.493 e. The highest BCUT2D eigenvalue weighted by Gasteiger charge is 2.17. The lowest BCUT2D eigenvalue weighted by atomic mass is 10.0. The van der Waals surface area contributed by atoms with Crippen molar-refractivity contribution in [2.24, 2.45) is 10.1 Å². The van der Waals surface area contributed by atoms with Gasteiger partial charge in [0.05, 0.1) is 39.8 Å². The zero-order valence-electron chi connectivity index (χ0n) is 19.4. The molecular weight excluding hydrogens is 422 g/mol. The number of ether oxygens (including phenoxy) is 3. The standard InChI is InChI=1S/C25H29N3O3S/c1-8-9-26-25-28(27-14-20-17(3)10-16(2)11-18(20)4)21(15-32-25)19-12-22(29-5)24(31-7)23(13-19)30-6/h8,10-15H,1,9H2,2-7H3. The van der Waals surface area contributed by atoms with Crippen LogP contribution in [0.3, 0.4) is 0 Å². The number of nitrogens with zero attached hydrogens (tertiary/aromatic N) is 3. The Morgan fingerprint density at radius 3 is 2.12 bits per heavy atom. The van der Waals surface area contributed by atoms with Crippen LogP contribution in [0.5, 0.6) is 17.2 Å². The van der Waals surface area contributed by atoms with E-state index >= 15 is 0 Å². The normalized spacial score (nSPS) is 11.8. The summed E-state index contributed by atoms with van der Waals surface area (Å²) in [5, 5.41) is 6.85.